The average molecular weight is 420 g/mol. The van der Waals surface area contributed by atoms with Crippen molar-refractivity contribution in [1.29, 1.82) is 0 Å². The summed E-state index contributed by atoms with van der Waals surface area (Å²) < 4.78 is 22.3. The lowest BCUT2D eigenvalue weighted by Gasteiger charge is -2.19. The van der Waals surface area contributed by atoms with Crippen LogP contribution in [-0.2, 0) is 13.2 Å². The van der Waals surface area contributed by atoms with Gasteiger partial charge >= 0.3 is 6.03 Å². The minimum absolute atomic E-state index is 0.319. The van der Waals surface area contributed by atoms with Crippen molar-refractivity contribution in [3.63, 3.8) is 0 Å². The normalized spacial score (nSPS) is 12.0. The Balaban J connectivity index is 1.32. The fourth-order valence-corrected chi connectivity index (χ4v) is 3.16. The molecular weight excluding hydrogens is 396 g/mol. The first kappa shape index (κ1) is 20.4. The fourth-order valence-electron chi connectivity index (χ4n) is 3.16. The van der Waals surface area contributed by atoms with Crippen LogP contribution in [0.15, 0.2) is 66.7 Å². The van der Waals surface area contributed by atoms with Crippen molar-refractivity contribution in [2.24, 2.45) is 0 Å². The molecule has 0 fully saturated rings. The monoisotopic (exact) mass is 420 g/mol. The quantitative estimate of drug-likeness (QED) is 0.594. The van der Waals surface area contributed by atoms with E-state index in [1.165, 1.54) is 0 Å². The second-order valence-corrected chi connectivity index (χ2v) is 6.93. The Kier molecular flexibility index (Phi) is 6.42. The van der Waals surface area contributed by atoms with Gasteiger partial charge in [-0.3, -0.25) is 0 Å². The number of hydrogen-bond donors (Lipinski definition) is 2. The van der Waals surface area contributed by atoms with Gasteiger partial charge in [0, 0.05) is 18.3 Å². The molecule has 3 aromatic carbocycles. The SMILES string of the molecule is COc1cc(CNC(=O)Nc2ccc3c(c2)OCCO3)ccc1OCc1ccccc1. The van der Waals surface area contributed by atoms with Gasteiger partial charge < -0.3 is 29.6 Å². The van der Waals surface area contributed by atoms with Gasteiger partial charge in [-0.15, -0.1) is 0 Å². The Labute approximate surface area is 180 Å². The van der Waals surface area contributed by atoms with Crippen LogP contribution in [-0.4, -0.2) is 26.4 Å². The second kappa shape index (κ2) is 9.75. The molecule has 2 N–H and O–H groups in total. The molecule has 1 aliphatic heterocycles. The van der Waals surface area contributed by atoms with Crippen molar-refractivity contribution in [3.05, 3.63) is 77.9 Å². The number of benzene rings is 3. The van der Waals surface area contributed by atoms with Crippen LogP contribution in [0.2, 0.25) is 0 Å². The molecule has 0 aliphatic carbocycles. The topological polar surface area (TPSA) is 78.1 Å². The lowest BCUT2D eigenvalue weighted by molar-refractivity contribution is 0.171. The van der Waals surface area contributed by atoms with Gasteiger partial charge in [0.15, 0.2) is 23.0 Å². The highest BCUT2D eigenvalue weighted by Gasteiger charge is 2.13. The second-order valence-electron chi connectivity index (χ2n) is 6.93. The highest BCUT2D eigenvalue weighted by molar-refractivity contribution is 5.89. The number of methoxy groups -OCH3 is 1. The molecular formula is C24H24N2O5. The summed E-state index contributed by atoms with van der Waals surface area (Å²) in [7, 11) is 1.59. The Morgan fingerprint density at radius 3 is 2.52 bits per heavy atom. The van der Waals surface area contributed by atoms with Crippen LogP contribution in [0.3, 0.4) is 0 Å². The molecule has 0 saturated carbocycles. The first-order chi connectivity index (χ1) is 15.2. The van der Waals surface area contributed by atoms with E-state index >= 15 is 0 Å². The molecule has 0 aromatic heterocycles. The molecule has 0 unspecified atom stereocenters. The predicted octanol–water partition coefficient (Wildman–Crippen LogP) is 4.37. The number of rotatable bonds is 7. The van der Waals surface area contributed by atoms with Crippen molar-refractivity contribution in [2.45, 2.75) is 13.2 Å². The van der Waals surface area contributed by atoms with Crippen molar-refractivity contribution in [3.8, 4) is 23.0 Å². The van der Waals surface area contributed by atoms with Crippen molar-refractivity contribution in [2.75, 3.05) is 25.6 Å². The van der Waals surface area contributed by atoms with E-state index in [0.717, 1.165) is 11.1 Å². The molecule has 4 rings (SSSR count). The van der Waals surface area contributed by atoms with Crippen LogP contribution in [0.5, 0.6) is 23.0 Å². The smallest absolute Gasteiger partial charge is 0.319 e. The molecule has 0 spiro atoms. The number of urea groups is 1. The molecule has 1 heterocycles. The molecule has 2 amide bonds. The standard InChI is InChI=1S/C24H24N2O5/c1-28-22-13-18(7-9-20(22)31-16-17-5-3-2-4-6-17)15-25-24(27)26-19-8-10-21-23(14-19)30-12-11-29-21/h2-10,13-14H,11-12,15-16H2,1H3,(H2,25,26,27). The first-order valence-electron chi connectivity index (χ1n) is 9.99. The average Bonchev–Trinajstić information content (AvgIpc) is 2.82. The molecule has 1 aliphatic rings. The third kappa shape index (κ3) is 5.39. The van der Waals surface area contributed by atoms with Crippen molar-refractivity contribution < 1.29 is 23.7 Å². The minimum Gasteiger partial charge on any atom is -0.493 e. The lowest BCUT2D eigenvalue weighted by atomic mass is 10.2. The van der Waals surface area contributed by atoms with Crippen LogP contribution in [0.25, 0.3) is 0 Å². The third-order valence-electron chi connectivity index (χ3n) is 4.72. The Morgan fingerprint density at radius 2 is 1.71 bits per heavy atom. The maximum absolute atomic E-state index is 12.3. The van der Waals surface area contributed by atoms with Crippen molar-refractivity contribution >= 4 is 11.7 Å². The van der Waals surface area contributed by atoms with Gasteiger partial charge in [0.2, 0.25) is 0 Å². The number of anilines is 1. The molecule has 160 valence electrons. The summed E-state index contributed by atoms with van der Waals surface area (Å²) >= 11 is 0. The third-order valence-corrected chi connectivity index (χ3v) is 4.72. The van der Waals surface area contributed by atoms with E-state index in [4.69, 9.17) is 18.9 Å². The zero-order valence-electron chi connectivity index (χ0n) is 17.2. The van der Waals surface area contributed by atoms with E-state index < -0.39 is 0 Å². The number of hydrogen-bond acceptors (Lipinski definition) is 5. The molecule has 0 bridgehead atoms. The highest BCUT2D eigenvalue weighted by Crippen LogP contribution is 2.32. The van der Waals surface area contributed by atoms with Crippen LogP contribution in [0, 0.1) is 0 Å². The largest absolute Gasteiger partial charge is 0.493 e. The summed E-state index contributed by atoms with van der Waals surface area (Å²) in [6.07, 6.45) is 0. The maximum Gasteiger partial charge on any atom is 0.319 e. The number of fused-ring (bicyclic) bond motifs is 1. The van der Waals surface area contributed by atoms with E-state index in [0.29, 0.717) is 55.1 Å². The molecule has 7 nitrogen and oxygen atoms in total. The predicted molar refractivity (Wildman–Crippen MR) is 117 cm³/mol. The summed E-state index contributed by atoms with van der Waals surface area (Å²) in [5, 5.41) is 5.64. The molecule has 3 aromatic rings. The van der Waals surface area contributed by atoms with E-state index in [1.54, 1.807) is 25.3 Å². The van der Waals surface area contributed by atoms with Crippen molar-refractivity contribution in [1.82, 2.24) is 5.32 Å². The number of nitrogens with one attached hydrogen (secondary N) is 2. The summed E-state index contributed by atoms with van der Waals surface area (Å²) in [6.45, 7) is 1.81. The highest BCUT2D eigenvalue weighted by atomic mass is 16.6. The zero-order chi connectivity index (χ0) is 21.5. The number of amides is 2. The van der Waals surface area contributed by atoms with Crippen LogP contribution in [0.1, 0.15) is 11.1 Å². The molecule has 0 atom stereocenters. The van der Waals surface area contributed by atoms with E-state index in [1.807, 2.05) is 48.5 Å². The van der Waals surface area contributed by atoms with Gasteiger partial charge in [0.1, 0.15) is 19.8 Å². The van der Waals surface area contributed by atoms with E-state index in [2.05, 4.69) is 10.6 Å². The molecule has 31 heavy (non-hydrogen) atoms. The summed E-state index contributed by atoms with van der Waals surface area (Å²) in [6, 6.07) is 20.5. The van der Waals surface area contributed by atoms with Gasteiger partial charge in [-0.25, -0.2) is 4.79 Å². The van der Waals surface area contributed by atoms with Crippen LogP contribution >= 0.6 is 0 Å². The first-order valence-corrected chi connectivity index (χ1v) is 9.99. The minimum atomic E-state index is -0.319. The molecule has 0 radical (unpaired) electrons. The van der Waals surface area contributed by atoms with Crippen LogP contribution < -0.4 is 29.6 Å². The summed E-state index contributed by atoms with van der Waals surface area (Å²) in [5.41, 5.74) is 2.59. The Morgan fingerprint density at radius 1 is 0.903 bits per heavy atom. The number of carbonyl (C=O) groups excluding carboxylic acids is 1. The molecule has 7 heteroatoms. The zero-order valence-corrected chi connectivity index (χ0v) is 17.2. The van der Waals surface area contributed by atoms with Gasteiger partial charge in [-0.1, -0.05) is 36.4 Å². The number of ether oxygens (including phenoxy) is 4. The van der Waals surface area contributed by atoms with Gasteiger partial charge in [0.05, 0.1) is 7.11 Å². The Hall–Kier alpha value is -3.87. The van der Waals surface area contributed by atoms with Gasteiger partial charge in [-0.05, 0) is 35.4 Å². The van der Waals surface area contributed by atoms with Gasteiger partial charge in [-0.2, -0.15) is 0 Å². The number of carbonyl (C=O) groups is 1. The lowest BCUT2D eigenvalue weighted by Crippen LogP contribution is -2.28. The van der Waals surface area contributed by atoms with Crippen LogP contribution in [0.4, 0.5) is 10.5 Å². The van der Waals surface area contributed by atoms with E-state index in [9.17, 15) is 4.79 Å². The molecule has 0 saturated heterocycles. The van der Waals surface area contributed by atoms with Gasteiger partial charge in [0.25, 0.3) is 0 Å². The fraction of sp³-hybridized carbons (Fsp3) is 0.208. The summed E-state index contributed by atoms with van der Waals surface area (Å²) in [4.78, 5) is 12.3. The Bertz CT molecular complexity index is 1040. The maximum atomic E-state index is 12.3. The summed E-state index contributed by atoms with van der Waals surface area (Å²) in [5.74, 6) is 2.57. The van der Waals surface area contributed by atoms with E-state index in [-0.39, 0.29) is 6.03 Å².